The topological polar surface area (TPSA) is 75.7 Å². The Balaban J connectivity index is 0.00000267. The van der Waals surface area contributed by atoms with E-state index in [1.807, 2.05) is 58.0 Å². The van der Waals surface area contributed by atoms with Crippen LogP contribution in [0.4, 0.5) is 0 Å². The zero-order chi connectivity index (χ0) is 27.2. The summed E-state index contributed by atoms with van der Waals surface area (Å²) in [6.07, 6.45) is 3.04. The molecule has 1 rings (SSSR count). The summed E-state index contributed by atoms with van der Waals surface area (Å²) in [5.74, 6) is 0.170. The molecule has 6 nitrogen and oxygen atoms in total. The standard InChI is InChI=1S/C25H38N2O4.C4H10/c1-8-25(9-2,20-14-12-11-13-15-20)24(30)26-17-22(28)27(7)21(18(4)5)16-19(6)23(29)31-10-3;1-4(2)3/h11-16,18,21H,8-10,17H2,1-7H3,(H,26,30);4H,1-3H3/b19-16+;/t21-;/m1./s1. The molecule has 35 heavy (non-hydrogen) atoms. The number of hydrogen-bond donors (Lipinski definition) is 1. The summed E-state index contributed by atoms with van der Waals surface area (Å²) >= 11 is 0. The van der Waals surface area contributed by atoms with Gasteiger partial charge in [-0.2, -0.15) is 0 Å². The molecule has 0 aliphatic heterocycles. The van der Waals surface area contributed by atoms with E-state index in [1.54, 1.807) is 31.9 Å². The molecule has 0 aliphatic rings. The van der Waals surface area contributed by atoms with E-state index in [2.05, 4.69) is 26.1 Å². The molecule has 1 atom stereocenters. The summed E-state index contributed by atoms with van der Waals surface area (Å²) in [4.78, 5) is 39.6. The second-order valence-corrected chi connectivity index (χ2v) is 9.88. The molecule has 0 saturated carbocycles. The zero-order valence-electron chi connectivity index (χ0n) is 23.6. The number of carbonyl (C=O) groups excluding carboxylic acids is 3. The first-order valence-electron chi connectivity index (χ1n) is 12.8. The predicted molar refractivity (Wildman–Crippen MR) is 144 cm³/mol. The molecule has 6 heteroatoms. The molecule has 1 N–H and O–H groups in total. The Bertz CT molecular complexity index is 808. The van der Waals surface area contributed by atoms with E-state index in [1.165, 1.54) is 0 Å². The normalized spacial score (nSPS) is 12.5. The summed E-state index contributed by atoms with van der Waals surface area (Å²) in [7, 11) is 1.69. The van der Waals surface area contributed by atoms with Crippen molar-refractivity contribution in [3.63, 3.8) is 0 Å². The second-order valence-electron chi connectivity index (χ2n) is 9.88. The van der Waals surface area contributed by atoms with Crippen LogP contribution >= 0.6 is 0 Å². The van der Waals surface area contributed by atoms with Gasteiger partial charge in [-0.1, -0.05) is 84.9 Å². The van der Waals surface area contributed by atoms with Gasteiger partial charge < -0.3 is 15.0 Å². The van der Waals surface area contributed by atoms with E-state index in [0.717, 1.165) is 11.5 Å². The third-order valence-electron chi connectivity index (χ3n) is 5.91. The molecule has 2 amide bonds. The number of amides is 2. The van der Waals surface area contributed by atoms with E-state index >= 15 is 0 Å². The molecular formula is C29H48N2O4. The van der Waals surface area contributed by atoms with Crippen LogP contribution in [0, 0.1) is 11.8 Å². The van der Waals surface area contributed by atoms with Crippen molar-refractivity contribution in [1.29, 1.82) is 0 Å². The van der Waals surface area contributed by atoms with Crippen LogP contribution in [0.3, 0.4) is 0 Å². The zero-order valence-corrected chi connectivity index (χ0v) is 23.6. The number of likely N-dealkylation sites (N-methyl/N-ethyl adjacent to an activating group) is 1. The number of nitrogens with zero attached hydrogens (tertiary/aromatic N) is 1. The van der Waals surface area contributed by atoms with Crippen LogP contribution in [0.1, 0.15) is 80.7 Å². The number of esters is 1. The Hall–Kier alpha value is -2.63. The highest BCUT2D eigenvalue weighted by atomic mass is 16.5. The molecule has 0 bridgehead atoms. The van der Waals surface area contributed by atoms with E-state index in [9.17, 15) is 14.4 Å². The van der Waals surface area contributed by atoms with Crippen LogP contribution in [-0.4, -0.2) is 48.9 Å². The maximum atomic E-state index is 13.1. The van der Waals surface area contributed by atoms with Crippen molar-refractivity contribution < 1.29 is 19.1 Å². The minimum Gasteiger partial charge on any atom is -0.463 e. The van der Waals surface area contributed by atoms with Gasteiger partial charge in [-0.25, -0.2) is 4.79 Å². The summed E-state index contributed by atoms with van der Waals surface area (Å²) in [6, 6.07) is 9.40. The third-order valence-corrected chi connectivity index (χ3v) is 5.91. The highest BCUT2D eigenvalue weighted by Gasteiger charge is 2.37. The summed E-state index contributed by atoms with van der Waals surface area (Å²) in [5, 5.41) is 2.85. The molecule has 0 unspecified atom stereocenters. The van der Waals surface area contributed by atoms with Crippen LogP contribution in [0.2, 0.25) is 0 Å². The van der Waals surface area contributed by atoms with Crippen molar-refractivity contribution in [1.82, 2.24) is 10.2 Å². The van der Waals surface area contributed by atoms with Gasteiger partial charge in [-0.15, -0.1) is 0 Å². The lowest BCUT2D eigenvalue weighted by Crippen LogP contribution is -2.49. The SMILES string of the molecule is CC(C)C.CCOC(=O)/C(C)=C/[C@H](C(C)C)N(C)C(=O)CNC(=O)C(CC)(CC)c1ccccc1. The number of benzene rings is 1. The lowest BCUT2D eigenvalue weighted by Gasteiger charge is -2.32. The fourth-order valence-corrected chi connectivity index (χ4v) is 3.80. The fourth-order valence-electron chi connectivity index (χ4n) is 3.80. The molecule has 0 radical (unpaired) electrons. The van der Waals surface area contributed by atoms with Gasteiger partial charge in [0.1, 0.15) is 0 Å². The van der Waals surface area contributed by atoms with Crippen LogP contribution in [0.5, 0.6) is 0 Å². The Morgan fingerprint density at radius 2 is 1.51 bits per heavy atom. The fraction of sp³-hybridized carbons (Fsp3) is 0.621. The summed E-state index contributed by atoms with van der Waals surface area (Å²) in [5.41, 5.74) is 0.744. The van der Waals surface area contributed by atoms with Crippen LogP contribution < -0.4 is 5.32 Å². The number of carbonyl (C=O) groups is 3. The van der Waals surface area contributed by atoms with Gasteiger partial charge in [-0.3, -0.25) is 9.59 Å². The van der Waals surface area contributed by atoms with Gasteiger partial charge in [0.2, 0.25) is 11.8 Å². The van der Waals surface area contributed by atoms with E-state index < -0.39 is 5.41 Å². The van der Waals surface area contributed by atoms with Gasteiger partial charge in [-0.05, 0) is 44.1 Å². The number of nitrogens with one attached hydrogen (secondary N) is 1. The molecule has 0 aromatic heterocycles. The van der Waals surface area contributed by atoms with Gasteiger partial charge in [0.25, 0.3) is 0 Å². The minimum absolute atomic E-state index is 0.0868. The Morgan fingerprint density at radius 3 is 1.94 bits per heavy atom. The lowest BCUT2D eigenvalue weighted by molar-refractivity contribution is -0.138. The monoisotopic (exact) mass is 488 g/mol. The van der Waals surface area contributed by atoms with E-state index in [-0.39, 0.29) is 36.3 Å². The third kappa shape index (κ3) is 10.3. The molecule has 0 aliphatic carbocycles. The van der Waals surface area contributed by atoms with Crippen LogP contribution in [0.15, 0.2) is 42.0 Å². The van der Waals surface area contributed by atoms with Gasteiger partial charge in [0.05, 0.1) is 24.6 Å². The molecule has 0 saturated heterocycles. The smallest absolute Gasteiger partial charge is 0.333 e. The molecule has 0 fully saturated rings. The Kier molecular flexibility index (Phi) is 14.9. The van der Waals surface area contributed by atoms with E-state index in [0.29, 0.717) is 25.0 Å². The van der Waals surface area contributed by atoms with Crippen molar-refractivity contribution in [3.8, 4) is 0 Å². The van der Waals surface area contributed by atoms with Crippen molar-refractivity contribution in [2.45, 2.75) is 86.6 Å². The largest absolute Gasteiger partial charge is 0.463 e. The maximum Gasteiger partial charge on any atom is 0.333 e. The summed E-state index contributed by atoms with van der Waals surface area (Å²) < 4.78 is 5.04. The second kappa shape index (κ2) is 16.1. The number of hydrogen-bond acceptors (Lipinski definition) is 4. The number of rotatable bonds is 11. The van der Waals surface area contributed by atoms with Gasteiger partial charge in [0, 0.05) is 12.6 Å². The van der Waals surface area contributed by atoms with Gasteiger partial charge >= 0.3 is 5.97 Å². The quantitative estimate of drug-likeness (QED) is 0.329. The average molecular weight is 489 g/mol. The first-order chi connectivity index (χ1) is 16.4. The van der Waals surface area contributed by atoms with Gasteiger partial charge in [0.15, 0.2) is 0 Å². The van der Waals surface area contributed by atoms with Crippen LogP contribution in [0.25, 0.3) is 0 Å². The Labute approximate surface area is 213 Å². The molecule has 1 aromatic carbocycles. The summed E-state index contributed by atoms with van der Waals surface area (Å²) in [6.45, 7) is 18.1. The first kappa shape index (κ1) is 32.4. The molecule has 1 aromatic rings. The van der Waals surface area contributed by atoms with Crippen molar-refractivity contribution in [2.24, 2.45) is 11.8 Å². The molecule has 0 heterocycles. The van der Waals surface area contributed by atoms with Crippen molar-refractivity contribution in [3.05, 3.63) is 47.5 Å². The highest BCUT2D eigenvalue weighted by Crippen LogP contribution is 2.31. The Morgan fingerprint density at radius 1 is 1.00 bits per heavy atom. The minimum atomic E-state index is -0.669. The highest BCUT2D eigenvalue weighted by molar-refractivity contribution is 5.92. The predicted octanol–water partition coefficient (Wildman–Crippen LogP) is 5.52. The average Bonchev–Trinajstić information content (AvgIpc) is 2.81. The number of ether oxygens (including phenoxy) is 1. The molecule has 0 spiro atoms. The lowest BCUT2D eigenvalue weighted by atomic mass is 9.75. The molecular weight excluding hydrogens is 440 g/mol. The molecule has 198 valence electrons. The van der Waals surface area contributed by atoms with Crippen molar-refractivity contribution >= 4 is 17.8 Å². The first-order valence-corrected chi connectivity index (χ1v) is 12.8. The van der Waals surface area contributed by atoms with Crippen molar-refractivity contribution in [2.75, 3.05) is 20.2 Å². The maximum absolute atomic E-state index is 13.1. The van der Waals surface area contributed by atoms with Crippen LogP contribution in [-0.2, 0) is 24.5 Å². The van der Waals surface area contributed by atoms with E-state index in [4.69, 9.17) is 4.74 Å².